The molecular weight excluding hydrogens is 378 g/mol. The average molecular weight is 410 g/mol. The van der Waals surface area contributed by atoms with Gasteiger partial charge in [0.25, 0.3) is 0 Å². The maximum Gasteiger partial charge on any atom is 0.142 e. The van der Waals surface area contributed by atoms with E-state index in [1.54, 1.807) is 6.33 Å². The Labute approximate surface area is 177 Å². The van der Waals surface area contributed by atoms with Crippen molar-refractivity contribution >= 4 is 33.1 Å². The normalized spacial score (nSPS) is 16.8. The highest BCUT2D eigenvalue weighted by Gasteiger charge is 2.31. The minimum absolute atomic E-state index is 0.347. The number of aryl methyl sites for hydroxylation is 1. The standard InChI is InChI=1S/C24H31N3OS/c1-15(2)13-28-18-9-7-17(8-10-18)27-22-21-19-11-6-16(24(3,4)5)12-20(19)29-23(21)26-14-25-22/h7-10,14-16H,6,11-13H2,1-5H3,(H,25,26,27). The molecule has 3 aromatic rings. The van der Waals surface area contributed by atoms with E-state index in [1.165, 1.54) is 22.2 Å². The zero-order valence-electron chi connectivity index (χ0n) is 18.1. The van der Waals surface area contributed by atoms with Gasteiger partial charge in [-0.1, -0.05) is 34.6 Å². The van der Waals surface area contributed by atoms with Gasteiger partial charge in [-0.3, -0.25) is 0 Å². The molecule has 5 heteroatoms. The number of benzene rings is 1. The van der Waals surface area contributed by atoms with E-state index in [2.05, 4.69) is 62.0 Å². The average Bonchev–Trinajstić information content (AvgIpc) is 3.05. The molecule has 1 atom stereocenters. The molecule has 0 amide bonds. The molecule has 0 aliphatic heterocycles. The van der Waals surface area contributed by atoms with Crippen molar-refractivity contribution < 1.29 is 4.74 Å². The number of fused-ring (bicyclic) bond motifs is 3. The van der Waals surface area contributed by atoms with E-state index in [1.807, 2.05) is 23.5 Å². The predicted molar refractivity (Wildman–Crippen MR) is 122 cm³/mol. The summed E-state index contributed by atoms with van der Waals surface area (Å²) in [6.45, 7) is 12.1. The van der Waals surface area contributed by atoms with Crippen molar-refractivity contribution in [3.05, 3.63) is 41.0 Å². The van der Waals surface area contributed by atoms with Gasteiger partial charge in [-0.15, -0.1) is 11.3 Å². The Hall–Kier alpha value is -2.14. The molecule has 2 heterocycles. The van der Waals surface area contributed by atoms with Crippen molar-refractivity contribution in [2.24, 2.45) is 17.3 Å². The third-order valence-corrected chi connectivity index (χ3v) is 6.93. The number of hydrogen-bond acceptors (Lipinski definition) is 5. The van der Waals surface area contributed by atoms with Crippen molar-refractivity contribution in [2.75, 3.05) is 11.9 Å². The van der Waals surface area contributed by atoms with Gasteiger partial charge >= 0.3 is 0 Å². The molecule has 4 nitrogen and oxygen atoms in total. The number of ether oxygens (including phenoxy) is 1. The molecule has 0 saturated heterocycles. The van der Waals surface area contributed by atoms with Crippen LogP contribution in [0, 0.1) is 17.3 Å². The van der Waals surface area contributed by atoms with Gasteiger partial charge in [0.1, 0.15) is 22.7 Å². The monoisotopic (exact) mass is 409 g/mol. The minimum atomic E-state index is 0.347. The molecule has 29 heavy (non-hydrogen) atoms. The van der Waals surface area contributed by atoms with E-state index in [4.69, 9.17) is 4.74 Å². The van der Waals surface area contributed by atoms with Gasteiger partial charge in [0.15, 0.2) is 0 Å². The Morgan fingerprint density at radius 1 is 1.17 bits per heavy atom. The van der Waals surface area contributed by atoms with Crippen molar-refractivity contribution in [3.8, 4) is 5.75 Å². The molecule has 0 fully saturated rings. The fourth-order valence-electron chi connectivity index (χ4n) is 3.98. The molecule has 1 aliphatic carbocycles. The lowest BCUT2D eigenvalue weighted by atomic mass is 9.72. The summed E-state index contributed by atoms with van der Waals surface area (Å²) >= 11 is 1.84. The van der Waals surface area contributed by atoms with Crippen LogP contribution in [-0.2, 0) is 12.8 Å². The van der Waals surface area contributed by atoms with Crippen molar-refractivity contribution in [1.82, 2.24) is 9.97 Å². The van der Waals surface area contributed by atoms with E-state index >= 15 is 0 Å². The number of thiophene rings is 1. The quantitative estimate of drug-likeness (QED) is 0.514. The summed E-state index contributed by atoms with van der Waals surface area (Å²) in [4.78, 5) is 11.8. The maximum atomic E-state index is 5.79. The Kier molecular flexibility index (Phi) is 5.52. The summed E-state index contributed by atoms with van der Waals surface area (Å²) in [6, 6.07) is 8.14. The zero-order chi connectivity index (χ0) is 20.6. The summed E-state index contributed by atoms with van der Waals surface area (Å²) in [5, 5.41) is 4.73. The van der Waals surface area contributed by atoms with Crippen LogP contribution >= 0.6 is 11.3 Å². The van der Waals surface area contributed by atoms with E-state index in [0.717, 1.165) is 47.5 Å². The SMILES string of the molecule is CC(C)COc1ccc(Nc2ncnc3sc4c(c23)CCC(C(C)(C)C)C4)cc1. The topological polar surface area (TPSA) is 47.0 Å². The van der Waals surface area contributed by atoms with Gasteiger partial charge in [0, 0.05) is 10.6 Å². The van der Waals surface area contributed by atoms with Crippen LogP contribution in [0.2, 0.25) is 0 Å². The molecule has 0 radical (unpaired) electrons. The lowest BCUT2D eigenvalue weighted by molar-refractivity contribution is 0.218. The molecule has 0 saturated carbocycles. The lowest BCUT2D eigenvalue weighted by Crippen LogP contribution is -2.26. The van der Waals surface area contributed by atoms with Crippen LogP contribution in [0.5, 0.6) is 5.75 Å². The van der Waals surface area contributed by atoms with Crippen molar-refractivity contribution in [3.63, 3.8) is 0 Å². The molecule has 4 rings (SSSR count). The Morgan fingerprint density at radius 3 is 2.62 bits per heavy atom. The minimum Gasteiger partial charge on any atom is -0.493 e. The molecule has 1 aliphatic rings. The molecule has 0 spiro atoms. The number of anilines is 2. The van der Waals surface area contributed by atoms with E-state index in [-0.39, 0.29) is 0 Å². The molecule has 154 valence electrons. The summed E-state index contributed by atoms with van der Waals surface area (Å²) in [5.41, 5.74) is 2.82. The van der Waals surface area contributed by atoms with Crippen LogP contribution in [0.1, 0.15) is 51.5 Å². The van der Waals surface area contributed by atoms with Crippen LogP contribution in [-0.4, -0.2) is 16.6 Å². The van der Waals surface area contributed by atoms with Crippen LogP contribution < -0.4 is 10.1 Å². The van der Waals surface area contributed by atoms with E-state index < -0.39 is 0 Å². The highest BCUT2D eigenvalue weighted by Crippen LogP contribution is 2.44. The molecule has 1 N–H and O–H groups in total. The Balaban J connectivity index is 1.58. The van der Waals surface area contributed by atoms with Gasteiger partial charge < -0.3 is 10.1 Å². The molecule has 1 unspecified atom stereocenters. The first-order chi connectivity index (χ1) is 13.8. The molecule has 1 aromatic carbocycles. The number of nitrogens with one attached hydrogen (secondary N) is 1. The van der Waals surface area contributed by atoms with Gasteiger partial charge in [-0.05, 0) is 66.3 Å². The van der Waals surface area contributed by atoms with E-state index in [9.17, 15) is 0 Å². The van der Waals surface area contributed by atoms with Crippen LogP contribution in [0.25, 0.3) is 10.2 Å². The largest absolute Gasteiger partial charge is 0.493 e. The number of aromatic nitrogens is 2. The number of nitrogens with zero attached hydrogens (tertiary/aromatic N) is 2. The highest BCUT2D eigenvalue weighted by molar-refractivity contribution is 7.19. The second kappa shape index (κ2) is 7.94. The van der Waals surface area contributed by atoms with Gasteiger partial charge in [0.05, 0.1) is 12.0 Å². The van der Waals surface area contributed by atoms with Gasteiger partial charge in [-0.2, -0.15) is 0 Å². The smallest absolute Gasteiger partial charge is 0.142 e. The molecule has 2 aromatic heterocycles. The van der Waals surface area contributed by atoms with Crippen LogP contribution in [0.15, 0.2) is 30.6 Å². The summed E-state index contributed by atoms with van der Waals surface area (Å²) < 4.78 is 5.79. The first-order valence-corrected chi connectivity index (χ1v) is 11.4. The summed E-state index contributed by atoms with van der Waals surface area (Å²) in [7, 11) is 0. The first-order valence-electron chi connectivity index (χ1n) is 10.6. The maximum absolute atomic E-state index is 5.79. The summed E-state index contributed by atoms with van der Waals surface area (Å²) in [5.74, 6) is 3.06. The second-order valence-corrected chi connectivity index (χ2v) is 10.6. The van der Waals surface area contributed by atoms with Crippen LogP contribution in [0.4, 0.5) is 11.5 Å². The number of rotatable bonds is 5. The van der Waals surface area contributed by atoms with E-state index in [0.29, 0.717) is 11.3 Å². The third-order valence-electron chi connectivity index (χ3n) is 5.77. The Bertz CT molecular complexity index is 986. The predicted octanol–water partition coefficient (Wildman–Crippen LogP) is 6.62. The Morgan fingerprint density at radius 2 is 1.93 bits per heavy atom. The first kappa shape index (κ1) is 20.1. The fourth-order valence-corrected chi connectivity index (χ4v) is 5.25. The molecule has 0 bridgehead atoms. The number of hydrogen-bond donors (Lipinski definition) is 1. The highest BCUT2D eigenvalue weighted by atomic mass is 32.1. The fraction of sp³-hybridized carbons (Fsp3) is 0.500. The molecular formula is C24H31N3OS. The third kappa shape index (κ3) is 4.40. The van der Waals surface area contributed by atoms with Crippen LogP contribution in [0.3, 0.4) is 0 Å². The van der Waals surface area contributed by atoms with Crippen molar-refractivity contribution in [2.45, 2.75) is 53.9 Å². The zero-order valence-corrected chi connectivity index (χ0v) is 18.9. The second-order valence-electron chi connectivity index (χ2n) is 9.57. The summed E-state index contributed by atoms with van der Waals surface area (Å²) in [6.07, 6.45) is 5.18. The van der Waals surface area contributed by atoms with Gasteiger partial charge in [0.2, 0.25) is 0 Å². The van der Waals surface area contributed by atoms with Gasteiger partial charge in [-0.25, -0.2) is 9.97 Å². The lowest BCUT2D eigenvalue weighted by Gasteiger charge is -2.33. The van der Waals surface area contributed by atoms with Crippen molar-refractivity contribution in [1.29, 1.82) is 0 Å².